The number of ether oxygens (including phenoxy) is 2. The number of carbonyl (C=O) groups excluding carboxylic acids is 2. The van der Waals surface area contributed by atoms with Gasteiger partial charge in [-0.2, -0.15) is 0 Å². The molecule has 0 aliphatic heterocycles. The molecule has 0 saturated carbocycles. The van der Waals surface area contributed by atoms with Crippen molar-refractivity contribution in [1.82, 2.24) is 0 Å². The molecule has 0 aromatic heterocycles. The summed E-state index contributed by atoms with van der Waals surface area (Å²) in [5, 5.41) is 3.13. The summed E-state index contributed by atoms with van der Waals surface area (Å²) in [6.07, 6.45) is 0.0849. The molecule has 132 valence electrons. The number of halogens is 1. The first-order chi connectivity index (χ1) is 11.9. The number of benzene rings is 2. The summed E-state index contributed by atoms with van der Waals surface area (Å²) in [7, 11) is 1.57. The second-order valence-corrected chi connectivity index (χ2v) is 6.08. The highest BCUT2D eigenvalue weighted by molar-refractivity contribution is 6.34. The van der Waals surface area contributed by atoms with Gasteiger partial charge in [-0.05, 0) is 48.7 Å². The topological polar surface area (TPSA) is 64.6 Å². The zero-order chi connectivity index (χ0) is 18.4. The van der Waals surface area contributed by atoms with Gasteiger partial charge in [0.05, 0.1) is 24.2 Å². The number of rotatable bonds is 6. The molecule has 5 nitrogen and oxygen atoms in total. The Morgan fingerprint density at radius 3 is 2.40 bits per heavy atom. The highest BCUT2D eigenvalue weighted by Crippen LogP contribution is 2.27. The van der Waals surface area contributed by atoms with Gasteiger partial charge in [0, 0.05) is 0 Å². The fourth-order valence-electron chi connectivity index (χ4n) is 2.36. The van der Waals surface area contributed by atoms with Gasteiger partial charge < -0.3 is 14.8 Å². The number of esters is 1. The highest BCUT2D eigenvalue weighted by Gasteiger charge is 2.12. The van der Waals surface area contributed by atoms with E-state index >= 15 is 0 Å². The number of nitrogens with one attached hydrogen (secondary N) is 1. The number of aryl methyl sites for hydroxylation is 2. The molecule has 0 aliphatic carbocycles. The standard InChI is InChI=1S/C19H20ClNO4/c1-12-8-13(2)19(16(20)9-12)21-17(22)11-25-18(23)10-14-4-6-15(24-3)7-5-14/h4-9H,10-11H2,1-3H3,(H,21,22). The van der Waals surface area contributed by atoms with E-state index in [1.165, 1.54) is 0 Å². The van der Waals surface area contributed by atoms with Gasteiger partial charge in [-0.1, -0.05) is 29.8 Å². The van der Waals surface area contributed by atoms with Crippen molar-refractivity contribution >= 4 is 29.2 Å². The quantitative estimate of drug-likeness (QED) is 0.797. The van der Waals surface area contributed by atoms with E-state index in [-0.39, 0.29) is 13.0 Å². The van der Waals surface area contributed by atoms with Crippen molar-refractivity contribution in [3.05, 3.63) is 58.1 Å². The molecule has 0 radical (unpaired) electrons. The van der Waals surface area contributed by atoms with Crippen molar-refractivity contribution in [1.29, 1.82) is 0 Å². The van der Waals surface area contributed by atoms with Crippen LogP contribution >= 0.6 is 11.6 Å². The molecule has 0 aliphatic rings. The van der Waals surface area contributed by atoms with E-state index in [0.29, 0.717) is 16.5 Å². The van der Waals surface area contributed by atoms with Crippen LogP contribution in [0, 0.1) is 13.8 Å². The number of methoxy groups -OCH3 is 1. The Labute approximate surface area is 151 Å². The predicted molar refractivity (Wildman–Crippen MR) is 97.2 cm³/mol. The van der Waals surface area contributed by atoms with Gasteiger partial charge in [0.2, 0.25) is 0 Å². The molecular weight excluding hydrogens is 342 g/mol. The van der Waals surface area contributed by atoms with E-state index in [9.17, 15) is 9.59 Å². The highest BCUT2D eigenvalue weighted by atomic mass is 35.5. The van der Waals surface area contributed by atoms with Crippen molar-refractivity contribution in [3.63, 3.8) is 0 Å². The minimum atomic E-state index is -0.480. The zero-order valence-corrected chi connectivity index (χ0v) is 15.1. The van der Waals surface area contributed by atoms with E-state index in [2.05, 4.69) is 5.32 Å². The van der Waals surface area contributed by atoms with Crippen LogP contribution in [0.3, 0.4) is 0 Å². The normalized spacial score (nSPS) is 10.2. The second kappa shape index (κ2) is 8.53. The molecule has 0 saturated heterocycles. The monoisotopic (exact) mass is 361 g/mol. The van der Waals surface area contributed by atoms with Crippen LogP contribution in [0.4, 0.5) is 5.69 Å². The Morgan fingerprint density at radius 1 is 1.12 bits per heavy atom. The van der Waals surface area contributed by atoms with Gasteiger partial charge in [-0.3, -0.25) is 9.59 Å². The second-order valence-electron chi connectivity index (χ2n) is 5.67. The largest absolute Gasteiger partial charge is 0.497 e. The molecule has 2 aromatic rings. The fourth-order valence-corrected chi connectivity index (χ4v) is 2.73. The average molecular weight is 362 g/mol. The molecule has 2 aromatic carbocycles. The van der Waals surface area contributed by atoms with E-state index in [4.69, 9.17) is 21.1 Å². The maximum atomic E-state index is 12.0. The van der Waals surface area contributed by atoms with E-state index in [1.54, 1.807) is 37.4 Å². The van der Waals surface area contributed by atoms with Crippen LogP contribution in [0.2, 0.25) is 5.02 Å². The smallest absolute Gasteiger partial charge is 0.310 e. The lowest BCUT2D eigenvalue weighted by molar-refractivity contribution is -0.146. The Bertz CT molecular complexity index is 748. The molecular formula is C19H20ClNO4. The molecule has 0 fully saturated rings. The van der Waals surface area contributed by atoms with Gasteiger partial charge in [0.1, 0.15) is 5.75 Å². The van der Waals surface area contributed by atoms with Crippen LogP contribution in [-0.2, 0) is 20.7 Å². The lowest BCUT2D eigenvalue weighted by Crippen LogP contribution is -2.22. The maximum Gasteiger partial charge on any atom is 0.310 e. The zero-order valence-electron chi connectivity index (χ0n) is 14.4. The van der Waals surface area contributed by atoms with Crippen molar-refractivity contribution in [3.8, 4) is 5.75 Å². The van der Waals surface area contributed by atoms with Crippen molar-refractivity contribution in [2.45, 2.75) is 20.3 Å². The molecule has 0 unspecified atom stereocenters. The third-order valence-corrected chi connectivity index (χ3v) is 3.87. The lowest BCUT2D eigenvalue weighted by Gasteiger charge is -2.12. The molecule has 0 heterocycles. The molecule has 0 atom stereocenters. The first-order valence-corrected chi connectivity index (χ1v) is 8.12. The number of hydrogen-bond acceptors (Lipinski definition) is 4. The summed E-state index contributed by atoms with van der Waals surface area (Å²) >= 11 is 6.14. The van der Waals surface area contributed by atoms with Gasteiger partial charge in [-0.15, -0.1) is 0 Å². The van der Waals surface area contributed by atoms with Gasteiger partial charge >= 0.3 is 5.97 Å². The van der Waals surface area contributed by atoms with Crippen LogP contribution in [0.1, 0.15) is 16.7 Å². The van der Waals surface area contributed by atoms with Crippen LogP contribution < -0.4 is 10.1 Å². The summed E-state index contributed by atoms with van der Waals surface area (Å²) in [5.74, 6) is -0.203. The molecule has 0 bridgehead atoms. The van der Waals surface area contributed by atoms with E-state index in [0.717, 1.165) is 16.7 Å². The summed E-state index contributed by atoms with van der Waals surface area (Å²) in [6, 6.07) is 10.7. The first kappa shape index (κ1) is 18.8. The van der Waals surface area contributed by atoms with Crippen LogP contribution in [-0.4, -0.2) is 25.6 Å². The molecule has 0 spiro atoms. The van der Waals surface area contributed by atoms with Gasteiger partial charge in [-0.25, -0.2) is 0 Å². The van der Waals surface area contributed by atoms with E-state index in [1.807, 2.05) is 19.9 Å². The third-order valence-electron chi connectivity index (χ3n) is 3.57. The SMILES string of the molecule is COc1ccc(CC(=O)OCC(=O)Nc2c(C)cc(C)cc2Cl)cc1. The summed E-state index contributed by atoms with van der Waals surface area (Å²) < 4.78 is 10.1. The summed E-state index contributed by atoms with van der Waals surface area (Å²) in [5.41, 5.74) is 3.17. The third kappa shape index (κ3) is 5.50. The number of amides is 1. The van der Waals surface area contributed by atoms with Crippen molar-refractivity contribution in [2.75, 3.05) is 19.0 Å². The minimum absolute atomic E-state index is 0.0849. The summed E-state index contributed by atoms with van der Waals surface area (Å²) in [6.45, 7) is 3.41. The summed E-state index contributed by atoms with van der Waals surface area (Å²) in [4.78, 5) is 23.8. The molecule has 25 heavy (non-hydrogen) atoms. The van der Waals surface area contributed by atoms with Crippen molar-refractivity contribution < 1.29 is 19.1 Å². The fraction of sp³-hybridized carbons (Fsp3) is 0.263. The Hall–Kier alpha value is -2.53. The maximum absolute atomic E-state index is 12.0. The minimum Gasteiger partial charge on any atom is -0.497 e. The van der Waals surface area contributed by atoms with Crippen LogP contribution in [0.5, 0.6) is 5.75 Å². The van der Waals surface area contributed by atoms with E-state index < -0.39 is 11.9 Å². The van der Waals surface area contributed by atoms with Crippen LogP contribution in [0.15, 0.2) is 36.4 Å². The number of anilines is 1. The Morgan fingerprint density at radius 2 is 1.80 bits per heavy atom. The molecule has 1 N–H and O–H groups in total. The average Bonchev–Trinajstić information content (AvgIpc) is 2.57. The Balaban J connectivity index is 1.86. The van der Waals surface area contributed by atoms with Gasteiger partial charge in [0.25, 0.3) is 5.91 Å². The Kier molecular flexibility index (Phi) is 6.42. The molecule has 6 heteroatoms. The van der Waals surface area contributed by atoms with Crippen LogP contribution in [0.25, 0.3) is 0 Å². The molecule has 2 rings (SSSR count). The molecule has 1 amide bonds. The lowest BCUT2D eigenvalue weighted by atomic mass is 10.1. The van der Waals surface area contributed by atoms with Crippen molar-refractivity contribution in [2.24, 2.45) is 0 Å². The first-order valence-electron chi connectivity index (χ1n) is 7.74. The number of carbonyl (C=O) groups is 2. The predicted octanol–water partition coefficient (Wildman–Crippen LogP) is 3.69. The van der Waals surface area contributed by atoms with Gasteiger partial charge in [0.15, 0.2) is 6.61 Å². The number of hydrogen-bond donors (Lipinski definition) is 1.